The summed E-state index contributed by atoms with van der Waals surface area (Å²) >= 11 is 0. The Hall–Kier alpha value is -2.11. The topological polar surface area (TPSA) is 72.6 Å². The van der Waals surface area contributed by atoms with Crippen molar-refractivity contribution in [2.75, 3.05) is 0 Å². The second-order valence-electron chi connectivity index (χ2n) is 3.71. The molecule has 1 aliphatic heterocycles. The molecule has 1 fully saturated rings. The highest BCUT2D eigenvalue weighted by molar-refractivity contribution is 5.79. The van der Waals surface area contributed by atoms with E-state index < -0.39 is 18.0 Å². The predicted molar refractivity (Wildman–Crippen MR) is 55.9 cm³/mol. The van der Waals surface area contributed by atoms with E-state index in [1.807, 2.05) is 0 Å². The second kappa shape index (κ2) is 4.40. The number of hydroxylamine groups is 2. The molecule has 1 saturated heterocycles. The number of amides is 2. The first-order valence-corrected chi connectivity index (χ1v) is 5.13. The van der Waals surface area contributed by atoms with Crippen molar-refractivity contribution < 1.29 is 18.8 Å². The van der Waals surface area contributed by atoms with E-state index in [9.17, 15) is 14.0 Å². The van der Waals surface area contributed by atoms with Gasteiger partial charge in [-0.1, -0.05) is 18.2 Å². The van der Waals surface area contributed by atoms with Gasteiger partial charge in [-0.2, -0.15) is 5.06 Å². The van der Waals surface area contributed by atoms with E-state index in [4.69, 9.17) is 5.73 Å². The van der Waals surface area contributed by atoms with Crippen LogP contribution in [0, 0.1) is 5.82 Å². The van der Waals surface area contributed by atoms with Crippen LogP contribution in [0.3, 0.4) is 0 Å². The Morgan fingerprint density at radius 1 is 1.47 bits per heavy atom. The van der Waals surface area contributed by atoms with Crippen molar-refractivity contribution in [1.29, 1.82) is 0 Å². The lowest BCUT2D eigenvalue weighted by Crippen LogP contribution is -2.33. The minimum atomic E-state index is -1.08. The van der Waals surface area contributed by atoms with Crippen molar-refractivity contribution in [2.24, 2.45) is 5.73 Å². The van der Waals surface area contributed by atoms with Gasteiger partial charge < -0.3 is 10.6 Å². The third-order valence-corrected chi connectivity index (χ3v) is 2.61. The van der Waals surface area contributed by atoms with Crippen LogP contribution in [0.1, 0.15) is 24.4 Å². The molecule has 0 spiro atoms. The number of carbonyl (C=O) groups is 2. The number of nitrogens with zero attached hydrogens (tertiary/aromatic N) is 1. The zero-order valence-corrected chi connectivity index (χ0v) is 8.93. The van der Waals surface area contributed by atoms with Gasteiger partial charge in [0.05, 0.1) is 6.04 Å². The van der Waals surface area contributed by atoms with Gasteiger partial charge in [-0.05, 0) is 12.5 Å². The Balaban J connectivity index is 2.28. The Labute approximate surface area is 96.9 Å². The number of rotatable bonds is 2. The van der Waals surface area contributed by atoms with Gasteiger partial charge in [0, 0.05) is 12.0 Å². The van der Waals surface area contributed by atoms with E-state index in [0.29, 0.717) is 12.0 Å². The summed E-state index contributed by atoms with van der Waals surface area (Å²) in [5, 5.41) is 0.848. The minimum Gasteiger partial charge on any atom is -0.333 e. The Morgan fingerprint density at radius 2 is 2.18 bits per heavy atom. The molecule has 1 aromatic rings. The van der Waals surface area contributed by atoms with Crippen LogP contribution < -0.4 is 5.73 Å². The molecule has 5 nitrogen and oxygen atoms in total. The van der Waals surface area contributed by atoms with Crippen molar-refractivity contribution in [2.45, 2.75) is 18.9 Å². The van der Waals surface area contributed by atoms with Crippen LogP contribution in [0.4, 0.5) is 9.18 Å². The number of halogens is 1. The Kier molecular flexibility index (Phi) is 2.95. The molecule has 2 rings (SSSR count). The van der Waals surface area contributed by atoms with Gasteiger partial charge in [-0.3, -0.25) is 4.79 Å². The smallest absolute Gasteiger partial charge is 0.333 e. The minimum absolute atomic E-state index is 0.201. The van der Waals surface area contributed by atoms with Crippen molar-refractivity contribution >= 4 is 12.0 Å². The van der Waals surface area contributed by atoms with Crippen LogP contribution in [0.15, 0.2) is 24.3 Å². The van der Waals surface area contributed by atoms with Gasteiger partial charge in [0.25, 0.3) is 5.91 Å². The molecule has 6 heteroatoms. The molecule has 1 aromatic carbocycles. The highest BCUT2D eigenvalue weighted by atomic mass is 19.1. The second-order valence-corrected chi connectivity index (χ2v) is 3.71. The van der Waals surface area contributed by atoms with Crippen LogP contribution in [0.25, 0.3) is 0 Å². The van der Waals surface area contributed by atoms with E-state index in [0.717, 1.165) is 5.06 Å². The molecule has 2 N–H and O–H groups in total. The SMILES string of the molecule is NC(=O)ON1C(=O)CCC1c1ccccc1F. The normalized spacial score (nSPS) is 19.5. The maximum Gasteiger partial charge on any atom is 0.429 e. The molecule has 1 heterocycles. The summed E-state index contributed by atoms with van der Waals surface area (Å²) in [5.41, 5.74) is 5.18. The Bertz CT molecular complexity index is 464. The molecule has 1 unspecified atom stereocenters. The van der Waals surface area contributed by atoms with Gasteiger partial charge in [0.2, 0.25) is 0 Å². The summed E-state index contributed by atoms with van der Waals surface area (Å²) < 4.78 is 13.6. The molecular formula is C11H11FN2O3. The summed E-state index contributed by atoms with van der Waals surface area (Å²) in [5.74, 6) is -0.817. The van der Waals surface area contributed by atoms with Gasteiger partial charge in [0.1, 0.15) is 5.82 Å². The molecule has 0 bridgehead atoms. The number of hydrogen-bond donors (Lipinski definition) is 1. The predicted octanol–water partition coefficient (Wildman–Crippen LogP) is 1.50. The number of benzene rings is 1. The monoisotopic (exact) mass is 238 g/mol. The van der Waals surface area contributed by atoms with Crippen molar-refractivity contribution in [3.05, 3.63) is 35.6 Å². The average Bonchev–Trinajstić information content (AvgIpc) is 2.61. The van der Waals surface area contributed by atoms with E-state index >= 15 is 0 Å². The molecular weight excluding hydrogens is 227 g/mol. The highest BCUT2D eigenvalue weighted by Gasteiger charge is 2.36. The van der Waals surface area contributed by atoms with E-state index in [1.54, 1.807) is 18.2 Å². The summed E-state index contributed by atoms with van der Waals surface area (Å²) in [6.07, 6.45) is -0.485. The fourth-order valence-electron chi connectivity index (χ4n) is 1.90. The van der Waals surface area contributed by atoms with E-state index in [2.05, 4.69) is 4.84 Å². The van der Waals surface area contributed by atoms with Crippen LogP contribution in [0.2, 0.25) is 0 Å². The largest absolute Gasteiger partial charge is 0.429 e. The van der Waals surface area contributed by atoms with Crippen LogP contribution in [-0.2, 0) is 9.63 Å². The zero-order valence-electron chi connectivity index (χ0n) is 8.93. The fraction of sp³-hybridized carbons (Fsp3) is 0.273. The fourth-order valence-corrected chi connectivity index (χ4v) is 1.90. The molecule has 0 radical (unpaired) electrons. The summed E-state index contributed by atoms with van der Waals surface area (Å²) in [6.45, 7) is 0. The van der Waals surface area contributed by atoms with Gasteiger partial charge in [-0.25, -0.2) is 9.18 Å². The lowest BCUT2D eigenvalue weighted by Gasteiger charge is -2.22. The standard InChI is InChI=1S/C11H11FN2O3/c12-8-4-2-1-3-7(8)9-5-6-10(15)14(9)17-11(13)16/h1-4,9H,5-6H2,(H2,13,16). The van der Waals surface area contributed by atoms with Gasteiger partial charge in [0.15, 0.2) is 0 Å². The maximum atomic E-state index is 13.6. The molecule has 90 valence electrons. The number of nitrogens with two attached hydrogens (primary N) is 1. The number of primary amides is 1. The van der Waals surface area contributed by atoms with Crippen LogP contribution in [0.5, 0.6) is 0 Å². The quantitative estimate of drug-likeness (QED) is 0.848. The first kappa shape index (κ1) is 11.4. The third kappa shape index (κ3) is 2.20. The van der Waals surface area contributed by atoms with Crippen molar-refractivity contribution in [3.63, 3.8) is 0 Å². The van der Waals surface area contributed by atoms with Crippen molar-refractivity contribution in [3.8, 4) is 0 Å². The number of hydrogen-bond acceptors (Lipinski definition) is 3. The summed E-state index contributed by atoms with van der Waals surface area (Å²) in [4.78, 5) is 26.8. The Morgan fingerprint density at radius 3 is 2.82 bits per heavy atom. The lowest BCUT2D eigenvalue weighted by molar-refractivity contribution is -0.165. The first-order valence-electron chi connectivity index (χ1n) is 5.13. The summed E-state index contributed by atoms with van der Waals surface area (Å²) in [7, 11) is 0. The molecule has 17 heavy (non-hydrogen) atoms. The molecule has 0 aromatic heterocycles. The van der Waals surface area contributed by atoms with E-state index in [1.165, 1.54) is 6.07 Å². The van der Waals surface area contributed by atoms with Crippen LogP contribution >= 0.6 is 0 Å². The van der Waals surface area contributed by atoms with Gasteiger partial charge >= 0.3 is 6.09 Å². The maximum absolute atomic E-state index is 13.6. The van der Waals surface area contributed by atoms with Crippen LogP contribution in [-0.4, -0.2) is 17.1 Å². The number of carbonyl (C=O) groups excluding carboxylic acids is 2. The van der Waals surface area contributed by atoms with Crippen molar-refractivity contribution in [1.82, 2.24) is 5.06 Å². The first-order chi connectivity index (χ1) is 8.09. The zero-order chi connectivity index (χ0) is 12.4. The summed E-state index contributed by atoms with van der Waals surface area (Å²) in [6, 6.07) is 5.45. The third-order valence-electron chi connectivity index (χ3n) is 2.61. The lowest BCUT2D eigenvalue weighted by atomic mass is 10.0. The molecule has 1 aliphatic rings. The average molecular weight is 238 g/mol. The molecule has 1 atom stereocenters. The van der Waals surface area contributed by atoms with Gasteiger partial charge in [-0.15, -0.1) is 0 Å². The molecule has 0 aliphatic carbocycles. The molecule has 0 saturated carbocycles. The highest BCUT2D eigenvalue weighted by Crippen LogP contribution is 2.34. The molecule has 2 amide bonds. The van der Waals surface area contributed by atoms with E-state index in [-0.39, 0.29) is 12.3 Å².